The Morgan fingerprint density at radius 2 is 1.74 bits per heavy atom. The molecule has 1 atom stereocenters. The zero-order valence-corrected chi connectivity index (χ0v) is 17.4. The van der Waals surface area contributed by atoms with Crippen LogP contribution in [0.3, 0.4) is 0 Å². The lowest BCUT2D eigenvalue weighted by Crippen LogP contribution is -2.34. The summed E-state index contributed by atoms with van der Waals surface area (Å²) in [6, 6.07) is 22.1. The molecule has 4 rings (SSSR count). The Bertz CT molecular complexity index is 1140. The number of methoxy groups -OCH3 is 2. The van der Waals surface area contributed by atoms with Crippen molar-refractivity contribution in [3.63, 3.8) is 0 Å². The zero-order chi connectivity index (χ0) is 21.6. The van der Waals surface area contributed by atoms with Gasteiger partial charge in [0.15, 0.2) is 0 Å². The molecule has 0 aliphatic carbocycles. The number of urea groups is 1. The number of carbonyl (C=O) groups is 1. The van der Waals surface area contributed by atoms with Crippen molar-refractivity contribution in [1.82, 2.24) is 15.3 Å². The van der Waals surface area contributed by atoms with Gasteiger partial charge in [-0.1, -0.05) is 30.3 Å². The molecule has 0 saturated heterocycles. The highest BCUT2D eigenvalue weighted by Crippen LogP contribution is 2.22. The molecular weight excluding hydrogens is 392 g/mol. The van der Waals surface area contributed by atoms with E-state index in [-0.39, 0.29) is 12.1 Å². The Morgan fingerprint density at radius 3 is 2.48 bits per heavy atom. The molecule has 3 aromatic carbocycles. The number of H-pyrrole nitrogens is 1. The number of rotatable bonds is 7. The Hall–Kier alpha value is -4.00. The van der Waals surface area contributed by atoms with Crippen molar-refractivity contribution >= 4 is 22.8 Å². The molecule has 4 aromatic rings. The van der Waals surface area contributed by atoms with Gasteiger partial charge in [0.2, 0.25) is 0 Å². The number of carbonyl (C=O) groups excluding carboxylic acids is 1. The Balaban J connectivity index is 1.56. The number of nitrogens with zero attached hydrogens (tertiary/aromatic N) is 1. The lowest BCUT2D eigenvalue weighted by atomic mass is 10.1. The highest BCUT2D eigenvalue weighted by atomic mass is 16.5. The first-order valence-corrected chi connectivity index (χ1v) is 9.94. The third kappa shape index (κ3) is 4.95. The summed E-state index contributed by atoms with van der Waals surface area (Å²) >= 11 is 0. The van der Waals surface area contributed by atoms with E-state index >= 15 is 0 Å². The van der Waals surface area contributed by atoms with Crippen LogP contribution in [0.1, 0.15) is 17.4 Å². The topological polar surface area (TPSA) is 88.3 Å². The van der Waals surface area contributed by atoms with Gasteiger partial charge in [-0.2, -0.15) is 0 Å². The summed E-state index contributed by atoms with van der Waals surface area (Å²) in [6.07, 6.45) is 0.565. The van der Waals surface area contributed by atoms with E-state index in [1.165, 1.54) is 0 Å². The zero-order valence-electron chi connectivity index (χ0n) is 17.4. The first kappa shape index (κ1) is 20.3. The molecule has 2 amide bonds. The van der Waals surface area contributed by atoms with Gasteiger partial charge in [-0.05, 0) is 48.4 Å². The fourth-order valence-corrected chi connectivity index (χ4v) is 3.38. The highest BCUT2D eigenvalue weighted by molar-refractivity contribution is 5.89. The van der Waals surface area contributed by atoms with Crippen LogP contribution in [-0.2, 0) is 6.42 Å². The maximum atomic E-state index is 12.8. The fraction of sp³-hybridized carbons (Fsp3) is 0.167. The minimum atomic E-state index is -0.355. The number of fused-ring (bicyclic) bond motifs is 1. The summed E-state index contributed by atoms with van der Waals surface area (Å²) in [4.78, 5) is 20.8. The molecular formula is C24H24N4O3. The molecule has 7 nitrogen and oxygen atoms in total. The van der Waals surface area contributed by atoms with Crippen LogP contribution >= 0.6 is 0 Å². The number of aromatic nitrogens is 2. The molecule has 0 aliphatic rings. The van der Waals surface area contributed by atoms with Crippen LogP contribution in [-0.4, -0.2) is 30.2 Å². The third-order valence-electron chi connectivity index (χ3n) is 4.97. The molecule has 0 spiro atoms. The van der Waals surface area contributed by atoms with Crippen molar-refractivity contribution in [3.05, 3.63) is 84.2 Å². The predicted molar refractivity (Wildman–Crippen MR) is 121 cm³/mol. The van der Waals surface area contributed by atoms with E-state index in [4.69, 9.17) is 9.47 Å². The van der Waals surface area contributed by atoms with Gasteiger partial charge >= 0.3 is 6.03 Å². The van der Waals surface area contributed by atoms with Gasteiger partial charge in [0.25, 0.3) is 0 Å². The molecule has 0 fully saturated rings. The highest BCUT2D eigenvalue weighted by Gasteiger charge is 2.19. The summed E-state index contributed by atoms with van der Waals surface area (Å²) < 4.78 is 10.5. The van der Waals surface area contributed by atoms with E-state index in [0.29, 0.717) is 23.7 Å². The number of amides is 2. The van der Waals surface area contributed by atoms with Crippen molar-refractivity contribution in [2.45, 2.75) is 12.5 Å². The van der Waals surface area contributed by atoms with Crippen molar-refractivity contribution < 1.29 is 14.3 Å². The monoisotopic (exact) mass is 416 g/mol. The van der Waals surface area contributed by atoms with E-state index in [9.17, 15) is 4.79 Å². The van der Waals surface area contributed by atoms with Crippen molar-refractivity contribution in [2.24, 2.45) is 0 Å². The Kier molecular flexibility index (Phi) is 6.03. The quantitative estimate of drug-likeness (QED) is 0.408. The number of benzene rings is 3. The van der Waals surface area contributed by atoms with E-state index in [2.05, 4.69) is 20.6 Å². The summed E-state index contributed by atoms with van der Waals surface area (Å²) in [5.74, 6) is 2.15. The van der Waals surface area contributed by atoms with E-state index in [1.807, 2.05) is 66.7 Å². The van der Waals surface area contributed by atoms with Crippen LogP contribution in [0.5, 0.6) is 11.5 Å². The molecule has 1 heterocycles. The van der Waals surface area contributed by atoms with Crippen LogP contribution in [0.2, 0.25) is 0 Å². The van der Waals surface area contributed by atoms with Gasteiger partial charge in [0.05, 0.1) is 31.3 Å². The molecule has 0 bridgehead atoms. The van der Waals surface area contributed by atoms with Gasteiger partial charge in [0.1, 0.15) is 17.3 Å². The third-order valence-corrected chi connectivity index (χ3v) is 4.97. The summed E-state index contributed by atoms with van der Waals surface area (Å²) in [6.45, 7) is 0. The lowest BCUT2D eigenvalue weighted by Gasteiger charge is -2.18. The number of anilines is 1. The number of nitrogens with one attached hydrogen (secondary N) is 3. The van der Waals surface area contributed by atoms with Crippen molar-refractivity contribution in [3.8, 4) is 11.5 Å². The van der Waals surface area contributed by atoms with E-state index in [0.717, 1.165) is 22.3 Å². The summed E-state index contributed by atoms with van der Waals surface area (Å²) in [5, 5.41) is 5.90. The first-order chi connectivity index (χ1) is 15.1. The standard InChI is InChI=1S/C24H24N4O3/c1-30-18-12-10-16(11-13-18)14-22(23-26-20-8-3-4-9-21(20)27-23)28-24(29)25-17-6-5-7-19(15-17)31-2/h3-13,15,22H,14H2,1-2H3,(H,26,27)(H2,25,28,29). The second-order valence-electron chi connectivity index (χ2n) is 7.07. The van der Waals surface area contributed by atoms with E-state index < -0.39 is 0 Å². The summed E-state index contributed by atoms with van der Waals surface area (Å²) in [5.41, 5.74) is 3.47. The van der Waals surface area contributed by atoms with Crippen LogP contribution in [0.15, 0.2) is 72.8 Å². The average molecular weight is 416 g/mol. The molecule has 1 unspecified atom stereocenters. The number of para-hydroxylation sites is 2. The number of hydrogen-bond acceptors (Lipinski definition) is 4. The number of hydrogen-bond donors (Lipinski definition) is 3. The van der Waals surface area contributed by atoms with Crippen molar-refractivity contribution in [1.29, 1.82) is 0 Å². The lowest BCUT2D eigenvalue weighted by molar-refractivity contribution is 0.248. The van der Waals surface area contributed by atoms with Gasteiger partial charge in [0, 0.05) is 11.8 Å². The molecule has 3 N–H and O–H groups in total. The second kappa shape index (κ2) is 9.21. The molecule has 0 saturated carbocycles. The largest absolute Gasteiger partial charge is 0.497 e. The number of ether oxygens (including phenoxy) is 2. The SMILES string of the molecule is COc1ccc(CC(NC(=O)Nc2cccc(OC)c2)c2nc3ccccc3[nH]2)cc1. The molecule has 0 radical (unpaired) electrons. The first-order valence-electron chi connectivity index (χ1n) is 9.94. The molecule has 1 aromatic heterocycles. The smallest absolute Gasteiger partial charge is 0.319 e. The molecule has 7 heteroatoms. The summed E-state index contributed by atoms with van der Waals surface area (Å²) in [7, 11) is 3.22. The van der Waals surface area contributed by atoms with Crippen molar-refractivity contribution in [2.75, 3.05) is 19.5 Å². The average Bonchev–Trinajstić information content (AvgIpc) is 3.23. The normalized spacial score (nSPS) is 11.7. The Labute approximate surface area is 180 Å². The number of imidazole rings is 1. The van der Waals surface area contributed by atoms with Gasteiger partial charge in [-0.3, -0.25) is 0 Å². The van der Waals surface area contributed by atoms with Gasteiger partial charge < -0.3 is 25.1 Å². The van der Waals surface area contributed by atoms with Gasteiger partial charge in [-0.15, -0.1) is 0 Å². The maximum Gasteiger partial charge on any atom is 0.319 e. The second-order valence-corrected chi connectivity index (χ2v) is 7.07. The fourth-order valence-electron chi connectivity index (χ4n) is 3.38. The maximum absolute atomic E-state index is 12.8. The molecule has 31 heavy (non-hydrogen) atoms. The Morgan fingerprint density at radius 1 is 0.968 bits per heavy atom. The predicted octanol–water partition coefficient (Wildman–Crippen LogP) is 4.69. The minimum Gasteiger partial charge on any atom is -0.497 e. The number of aromatic amines is 1. The van der Waals surface area contributed by atoms with Gasteiger partial charge in [-0.25, -0.2) is 9.78 Å². The molecule has 158 valence electrons. The van der Waals surface area contributed by atoms with Crippen LogP contribution in [0, 0.1) is 0 Å². The van der Waals surface area contributed by atoms with Crippen LogP contribution in [0.4, 0.5) is 10.5 Å². The molecule has 0 aliphatic heterocycles. The minimum absolute atomic E-state index is 0.327. The van der Waals surface area contributed by atoms with Crippen LogP contribution in [0.25, 0.3) is 11.0 Å². The van der Waals surface area contributed by atoms with E-state index in [1.54, 1.807) is 20.3 Å². The van der Waals surface area contributed by atoms with Crippen LogP contribution < -0.4 is 20.1 Å².